The number of nitrogens with zero attached hydrogens (tertiary/aromatic N) is 5. The number of amides is 1. The molecule has 0 unspecified atom stereocenters. The van der Waals surface area contributed by atoms with Crippen molar-refractivity contribution < 1.29 is 14.4 Å². The van der Waals surface area contributed by atoms with E-state index in [1.165, 1.54) is 6.20 Å². The van der Waals surface area contributed by atoms with Gasteiger partial charge in [-0.05, 0) is 12.5 Å². The molecule has 1 aromatic carbocycles. The van der Waals surface area contributed by atoms with Gasteiger partial charge >= 0.3 is 0 Å². The Morgan fingerprint density at radius 2 is 1.97 bits per heavy atom. The molecule has 11 heteroatoms. The standard InChI is InChI=1S/C22H20N8O3/c1-12-26-21(33-30-12)15-9-23-19(29-22-25-8-14-17(28-22)10-24-20(14)32)7-16(15)27-18(11-31)13-5-3-2-4-6-13/h2-9,18,31H,10-11H2,1H3,(H,24,32)(H2,23,25,27,28,29)/t18-/m1/s1. The highest BCUT2D eigenvalue weighted by atomic mass is 16.5. The number of hydrogen-bond donors (Lipinski definition) is 4. The molecule has 5 rings (SSSR count). The molecule has 0 saturated carbocycles. The molecule has 0 aliphatic carbocycles. The highest BCUT2D eigenvalue weighted by Crippen LogP contribution is 2.32. The van der Waals surface area contributed by atoms with Gasteiger partial charge in [-0.1, -0.05) is 35.5 Å². The topological polar surface area (TPSA) is 151 Å². The van der Waals surface area contributed by atoms with E-state index in [1.807, 2.05) is 30.3 Å². The van der Waals surface area contributed by atoms with Crippen LogP contribution in [0.4, 0.5) is 17.5 Å². The predicted molar refractivity (Wildman–Crippen MR) is 119 cm³/mol. The molecule has 4 heterocycles. The predicted octanol–water partition coefficient (Wildman–Crippen LogP) is 2.36. The van der Waals surface area contributed by atoms with E-state index in [-0.39, 0.29) is 18.6 Å². The highest BCUT2D eigenvalue weighted by molar-refractivity contribution is 5.97. The fraction of sp³-hybridized carbons (Fsp3) is 0.182. The van der Waals surface area contributed by atoms with E-state index < -0.39 is 0 Å². The number of hydrogen-bond acceptors (Lipinski definition) is 10. The first-order chi connectivity index (χ1) is 16.1. The zero-order valence-electron chi connectivity index (χ0n) is 17.6. The molecular formula is C22H20N8O3. The lowest BCUT2D eigenvalue weighted by Crippen LogP contribution is -2.15. The summed E-state index contributed by atoms with van der Waals surface area (Å²) in [5, 5.41) is 23.0. The van der Waals surface area contributed by atoms with E-state index >= 15 is 0 Å². The van der Waals surface area contributed by atoms with Crippen molar-refractivity contribution >= 4 is 23.4 Å². The number of aliphatic hydroxyl groups excluding tert-OH is 1. The number of nitrogens with one attached hydrogen (secondary N) is 3. The Kier molecular flexibility index (Phi) is 5.37. The largest absolute Gasteiger partial charge is 0.394 e. The smallest absolute Gasteiger partial charge is 0.261 e. The number of aliphatic hydroxyl groups is 1. The second-order valence-electron chi connectivity index (χ2n) is 7.41. The minimum Gasteiger partial charge on any atom is -0.394 e. The van der Waals surface area contributed by atoms with Crippen LogP contribution in [0.3, 0.4) is 0 Å². The maximum absolute atomic E-state index is 11.7. The van der Waals surface area contributed by atoms with Crippen LogP contribution in [0.15, 0.2) is 53.3 Å². The van der Waals surface area contributed by atoms with Crippen molar-refractivity contribution in [1.82, 2.24) is 30.4 Å². The summed E-state index contributed by atoms with van der Waals surface area (Å²) in [6.07, 6.45) is 3.08. The summed E-state index contributed by atoms with van der Waals surface area (Å²) in [7, 11) is 0. The van der Waals surface area contributed by atoms with Crippen molar-refractivity contribution in [2.45, 2.75) is 19.5 Å². The number of aryl methyl sites for hydroxylation is 1. The third-order valence-corrected chi connectivity index (χ3v) is 5.14. The number of carbonyl (C=O) groups is 1. The molecule has 1 aliphatic rings. The lowest BCUT2D eigenvalue weighted by Gasteiger charge is -2.20. The van der Waals surface area contributed by atoms with Gasteiger partial charge in [0.2, 0.25) is 5.95 Å². The van der Waals surface area contributed by atoms with Gasteiger partial charge in [-0.2, -0.15) is 4.98 Å². The average molecular weight is 444 g/mol. The van der Waals surface area contributed by atoms with Crippen LogP contribution in [0, 0.1) is 6.92 Å². The van der Waals surface area contributed by atoms with Gasteiger partial charge in [0, 0.05) is 18.5 Å². The second kappa shape index (κ2) is 8.63. The Morgan fingerprint density at radius 1 is 1.15 bits per heavy atom. The molecule has 1 atom stereocenters. The number of rotatable bonds is 7. The van der Waals surface area contributed by atoms with Gasteiger partial charge in [-0.3, -0.25) is 4.79 Å². The lowest BCUT2D eigenvalue weighted by molar-refractivity contribution is 0.0965. The highest BCUT2D eigenvalue weighted by Gasteiger charge is 2.22. The average Bonchev–Trinajstić information content (AvgIpc) is 3.43. The van der Waals surface area contributed by atoms with E-state index in [9.17, 15) is 9.90 Å². The number of fused-ring (bicyclic) bond motifs is 1. The van der Waals surface area contributed by atoms with E-state index in [2.05, 4.69) is 41.0 Å². The monoisotopic (exact) mass is 444 g/mol. The van der Waals surface area contributed by atoms with Crippen LogP contribution < -0.4 is 16.0 Å². The van der Waals surface area contributed by atoms with Crippen LogP contribution in [-0.4, -0.2) is 42.7 Å². The van der Waals surface area contributed by atoms with Crippen LogP contribution in [0.2, 0.25) is 0 Å². The van der Waals surface area contributed by atoms with E-state index in [1.54, 1.807) is 19.2 Å². The minimum absolute atomic E-state index is 0.133. The quantitative estimate of drug-likeness (QED) is 0.334. The second-order valence-corrected chi connectivity index (χ2v) is 7.41. The molecule has 0 fully saturated rings. The Bertz CT molecular complexity index is 1310. The fourth-order valence-electron chi connectivity index (χ4n) is 3.50. The number of pyridine rings is 1. The van der Waals surface area contributed by atoms with Crippen LogP contribution in [0.1, 0.15) is 33.5 Å². The van der Waals surface area contributed by atoms with Crippen LogP contribution >= 0.6 is 0 Å². The van der Waals surface area contributed by atoms with Gasteiger partial charge in [0.15, 0.2) is 5.82 Å². The maximum Gasteiger partial charge on any atom is 0.261 e. The molecule has 1 aliphatic heterocycles. The molecule has 166 valence electrons. The van der Waals surface area contributed by atoms with E-state index in [0.717, 1.165) is 5.56 Å². The summed E-state index contributed by atoms with van der Waals surface area (Å²) < 4.78 is 5.34. The van der Waals surface area contributed by atoms with Crippen molar-refractivity contribution in [2.24, 2.45) is 0 Å². The lowest BCUT2D eigenvalue weighted by atomic mass is 10.1. The van der Waals surface area contributed by atoms with Gasteiger partial charge in [0.1, 0.15) is 5.82 Å². The van der Waals surface area contributed by atoms with Crippen molar-refractivity contribution in [3.05, 3.63) is 71.4 Å². The van der Waals surface area contributed by atoms with Gasteiger partial charge < -0.3 is 25.6 Å². The third-order valence-electron chi connectivity index (χ3n) is 5.14. The van der Waals surface area contributed by atoms with Crippen LogP contribution in [0.5, 0.6) is 0 Å². The molecule has 0 radical (unpaired) electrons. The van der Waals surface area contributed by atoms with Crippen molar-refractivity contribution in [2.75, 3.05) is 17.2 Å². The number of anilines is 3. The van der Waals surface area contributed by atoms with Gasteiger partial charge in [-0.25, -0.2) is 15.0 Å². The Morgan fingerprint density at radius 3 is 2.73 bits per heavy atom. The summed E-state index contributed by atoms with van der Waals surface area (Å²) in [5.41, 5.74) is 3.21. The molecule has 4 aromatic rings. The number of aromatic nitrogens is 5. The van der Waals surface area contributed by atoms with Gasteiger partial charge in [0.05, 0.1) is 41.7 Å². The molecule has 0 spiro atoms. The summed E-state index contributed by atoms with van der Waals surface area (Å²) in [6, 6.07) is 11.0. The summed E-state index contributed by atoms with van der Waals surface area (Å²) in [4.78, 5) is 29.1. The van der Waals surface area contributed by atoms with Crippen LogP contribution in [0.25, 0.3) is 11.5 Å². The first kappa shape index (κ1) is 20.5. The Balaban J connectivity index is 1.48. The minimum atomic E-state index is -0.377. The molecule has 3 aromatic heterocycles. The van der Waals surface area contributed by atoms with E-state index in [0.29, 0.717) is 52.5 Å². The summed E-state index contributed by atoms with van der Waals surface area (Å²) in [5.74, 6) is 1.38. The van der Waals surface area contributed by atoms with Crippen LogP contribution in [-0.2, 0) is 6.54 Å². The first-order valence-corrected chi connectivity index (χ1v) is 10.2. The molecule has 33 heavy (non-hydrogen) atoms. The molecule has 11 nitrogen and oxygen atoms in total. The molecule has 0 bridgehead atoms. The molecule has 1 amide bonds. The molecular weight excluding hydrogens is 424 g/mol. The maximum atomic E-state index is 11.7. The Labute approximate surface area is 188 Å². The number of benzene rings is 1. The van der Waals surface area contributed by atoms with Gasteiger partial charge in [-0.15, -0.1) is 0 Å². The number of carbonyl (C=O) groups excluding carboxylic acids is 1. The summed E-state index contributed by atoms with van der Waals surface area (Å²) in [6.45, 7) is 1.96. The zero-order chi connectivity index (χ0) is 22.8. The molecule has 0 saturated heterocycles. The first-order valence-electron chi connectivity index (χ1n) is 10.2. The third kappa shape index (κ3) is 4.21. The normalized spacial score (nSPS) is 13.3. The molecule has 4 N–H and O–H groups in total. The zero-order valence-corrected chi connectivity index (χ0v) is 17.6. The van der Waals surface area contributed by atoms with Crippen molar-refractivity contribution in [3.63, 3.8) is 0 Å². The van der Waals surface area contributed by atoms with Crippen molar-refractivity contribution in [3.8, 4) is 11.5 Å². The van der Waals surface area contributed by atoms with Crippen molar-refractivity contribution in [1.29, 1.82) is 0 Å². The fourth-order valence-corrected chi connectivity index (χ4v) is 3.50. The van der Waals surface area contributed by atoms with Gasteiger partial charge in [0.25, 0.3) is 11.8 Å². The SMILES string of the molecule is Cc1noc(-c2cnc(Nc3ncc4c(n3)CNC4=O)cc2N[C@H](CO)c2ccccc2)n1. The summed E-state index contributed by atoms with van der Waals surface area (Å²) >= 11 is 0. The van der Waals surface area contributed by atoms with E-state index in [4.69, 9.17) is 4.52 Å². The Hall–Kier alpha value is -4.38.